The van der Waals surface area contributed by atoms with E-state index >= 15 is 0 Å². The van der Waals surface area contributed by atoms with Gasteiger partial charge in [0.05, 0.1) is 18.9 Å². The summed E-state index contributed by atoms with van der Waals surface area (Å²) < 4.78 is 11.1. The lowest BCUT2D eigenvalue weighted by Crippen LogP contribution is -2.42. The Bertz CT molecular complexity index is 606. The van der Waals surface area contributed by atoms with Crippen molar-refractivity contribution in [1.82, 2.24) is 4.90 Å². The lowest BCUT2D eigenvalue weighted by atomic mass is 10.1. The molecule has 5 heteroatoms. The maximum Gasteiger partial charge on any atom is 0.244 e. The first kappa shape index (κ1) is 15.8. The molecule has 23 heavy (non-hydrogen) atoms. The van der Waals surface area contributed by atoms with Crippen molar-refractivity contribution in [3.8, 4) is 0 Å². The Morgan fingerprint density at radius 3 is 2.74 bits per heavy atom. The van der Waals surface area contributed by atoms with E-state index in [0.29, 0.717) is 13.1 Å². The average Bonchev–Trinajstić information content (AvgIpc) is 3.27. The molecule has 3 rings (SSSR count). The molecule has 1 saturated heterocycles. The molecule has 5 nitrogen and oxygen atoms in total. The average molecular weight is 314 g/mol. The quantitative estimate of drug-likeness (QED) is 0.889. The first-order chi connectivity index (χ1) is 11.2. The summed E-state index contributed by atoms with van der Waals surface area (Å²) in [5, 5.41) is 0. The van der Waals surface area contributed by atoms with Crippen molar-refractivity contribution in [3.05, 3.63) is 60.1 Å². The van der Waals surface area contributed by atoms with E-state index in [9.17, 15) is 4.79 Å². The van der Waals surface area contributed by atoms with Crippen molar-refractivity contribution >= 4 is 5.91 Å². The Balaban J connectivity index is 1.74. The van der Waals surface area contributed by atoms with Crippen LogP contribution in [0.4, 0.5) is 0 Å². The summed E-state index contributed by atoms with van der Waals surface area (Å²) in [6.07, 6.45) is 3.71. The van der Waals surface area contributed by atoms with Crippen LogP contribution in [0.1, 0.15) is 30.2 Å². The molecule has 0 aliphatic carbocycles. The molecule has 1 aliphatic heterocycles. The molecular weight excluding hydrogens is 292 g/mol. The minimum absolute atomic E-state index is 0.0804. The zero-order chi connectivity index (χ0) is 16.1. The van der Waals surface area contributed by atoms with Crippen LogP contribution in [-0.2, 0) is 16.1 Å². The van der Waals surface area contributed by atoms with Gasteiger partial charge in [-0.3, -0.25) is 4.79 Å². The number of amides is 1. The number of ether oxygens (including phenoxy) is 1. The van der Waals surface area contributed by atoms with Gasteiger partial charge in [-0.25, -0.2) is 0 Å². The molecule has 2 N–H and O–H groups in total. The first-order valence-electron chi connectivity index (χ1n) is 7.97. The SMILES string of the molecule is NC(C(=O)N(Cc1ccco1)CC1CCCO1)c1ccccc1. The third-order valence-corrected chi connectivity index (χ3v) is 4.11. The van der Waals surface area contributed by atoms with E-state index in [1.807, 2.05) is 42.5 Å². The van der Waals surface area contributed by atoms with Crippen LogP contribution in [0.5, 0.6) is 0 Å². The van der Waals surface area contributed by atoms with E-state index in [4.69, 9.17) is 14.9 Å². The van der Waals surface area contributed by atoms with Gasteiger partial charge in [0.25, 0.3) is 0 Å². The second-order valence-electron chi connectivity index (χ2n) is 5.82. The Labute approximate surface area is 136 Å². The van der Waals surface area contributed by atoms with E-state index in [2.05, 4.69) is 0 Å². The molecule has 1 aromatic carbocycles. The Morgan fingerprint density at radius 1 is 1.26 bits per heavy atom. The van der Waals surface area contributed by atoms with Crippen molar-refractivity contribution < 1.29 is 13.9 Å². The lowest BCUT2D eigenvalue weighted by Gasteiger charge is -2.27. The Hall–Kier alpha value is -2.11. The standard InChI is InChI=1S/C18H22N2O3/c19-17(14-6-2-1-3-7-14)18(21)20(12-15-8-4-10-22-15)13-16-9-5-11-23-16/h1-4,6-8,10,16-17H,5,9,11-13,19H2. The fraction of sp³-hybridized carbons (Fsp3) is 0.389. The summed E-state index contributed by atoms with van der Waals surface area (Å²) in [5.41, 5.74) is 6.99. The predicted molar refractivity (Wildman–Crippen MR) is 86.5 cm³/mol. The number of hydrogen-bond acceptors (Lipinski definition) is 4. The van der Waals surface area contributed by atoms with Gasteiger partial charge in [-0.2, -0.15) is 0 Å². The van der Waals surface area contributed by atoms with Gasteiger partial charge in [0, 0.05) is 13.2 Å². The molecule has 0 spiro atoms. The molecule has 2 atom stereocenters. The maximum absolute atomic E-state index is 12.9. The molecule has 2 unspecified atom stereocenters. The van der Waals surface area contributed by atoms with Gasteiger partial charge in [0.15, 0.2) is 0 Å². The van der Waals surface area contributed by atoms with E-state index in [-0.39, 0.29) is 12.0 Å². The molecular formula is C18H22N2O3. The second kappa shape index (κ2) is 7.44. The summed E-state index contributed by atoms with van der Waals surface area (Å²) in [4.78, 5) is 14.6. The van der Waals surface area contributed by atoms with Crippen LogP contribution in [0.3, 0.4) is 0 Å². The number of rotatable bonds is 6. The minimum atomic E-state index is -0.674. The molecule has 1 aromatic heterocycles. The van der Waals surface area contributed by atoms with Crippen molar-refractivity contribution in [3.63, 3.8) is 0 Å². The number of carbonyl (C=O) groups excluding carboxylic acids is 1. The van der Waals surface area contributed by atoms with Crippen LogP contribution in [0.2, 0.25) is 0 Å². The summed E-state index contributed by atoms with van der Waals surface area (Å²) in [6.45, 7) is 1.71. The van der Waals surface area contributed by atoms with Crippen LogP contribution >= 0.6 is 0 Å². The molecule has 2 heterocycles. The van der Waals surface area contributed by atoms with Gasteiger partial charge in [-0.15, -0.1) is 0 Å². The van der Waals surface area contributed by atoms with Crippen molar-refractivity contribution in [1.29, 1.82) is 0 Å². The highest BCUT2D eigenvalue weighted by Crippen LogP contribution is 2.19. The fourth-order valence-corrected chi connectivity index (χ4v) is 2.86. The topological polar surface area (TPSA) is 68.7 Å². The molecule has 0 saturated carbocycles. The van der Waals surface area contributed by atoms with Crippen LogP contribution in [0, 0.1) is 0 Å². The van der Waals surface area contributed by atoms with Gasteiger partial charge in [0.1, 0.15) is 11.8 Å². The summed E-state index contributed by atoms with van der Waals surface area (Å²) in [6, 6.07) is 12.4. The molecule has 0 radical (unpaired) electrons. The number of carbonyl (C=O) groups is 1. The third kappa shape index (κ3) is 4.00. The van der Waals surface area contributed by atoms with Crippen molar-refractivity contribution in [2.45, 2.75) is 31.5 Å². The zero-order valence-electron chi connectivity index (χ0n) is 13.1. The molecule has 2 aromatic rings. The smallest absolute Gasteiger partial charge is 0.244 e. The number of nitrogens with zero attached hydrogens (tertiary/aromatic N) is 1. The summed E-state index contributed by atoms with van der Waals surface area (Å²) in [7, 11) is 0. The van der Waals surface area contributed by atoms with Gasteiger partial charge in [0.2, 0.25) is 5.91 Å². The van der Waals surface area contributed by atoms with Crippen LogP contribution < -0.4 is 5.73 Å². The molecule has 1 amide bonds. The highest BCUT2D eigenvalue weighted by molar-refractivity contribution is 5.83. The first-order valence-corrected chi connectivity index (χ1v) is 7.97. The monoisotopic (exact) mass is 314 g/mol. The van der Waals surface area contributed by atoms with E-state index < -0.39 is 6.04 Å². The minimum Gasteiger partial charge on any atom is -0.467 e. The van der Waals surface area contributed by atoms with E-state index in [1.165, 1.54) is 0 Å². The third-order valence-electron chi connectivity index (χ3n) is 4.11. The summed E-state index contributed by atoms with van der Waals surface area (Å²) in [5.74, 6) is 0.639. The number of furan rings is 1. The normalized spacial score (nSPS) is 18.7. The van der Waals surface area contributed by atoms with E-state index in [1.54, 1.807) is 11.2 Å². The van der Waals surface area contributed by atoms with Crippen molar-refractivity contribution in [2.24, 2.45) is 5.73 Å². The molecule has 122 valence electrons. The van der Waals surface area contributed by atoms with Gasteiger partial charge in [-0.1, -0.05) is 30.3 Å². The Kier molecular flexibility index (Phi) is 5.10. The highest BCUT2D eigenvalue weighted by atomic mass is 16.5. The Morgan fingerprint density at radius 2 is 2.09 bits per heavy atom. The fourth-order valence-electron chi connectivity index (χ4n) is 2.86. The molecule has 1 fully saturated rings. The maximum atomic E-state index is 12.9. The largest absolute Gasteiger partial charge is 0.467 e. The van der Waals surface area contributed by atoms with Crippen LogP contribution in [0.15, 0.2) is 53.1 Å². The molecule has 0 bridgehead atoms. The van der Waals surface area contributed by atoms with E-state index in [0.717, 1.165) is 30.8 Å². The number of nitrogens with two attached hydrogens (primary N) is 1. The molecule has 1 aliphatic rings. The zero-order valence-corrected chi connectivity index (χ0v) is 13.1. The van der Waals surface area contributed by atoms with Gasteiger partial charge in [-0.05, 0) is 30.5 Å². The number of benzene rings is 1. The number of hydrogen-bond donors (Lipinski definition) is 1. The summed E-state index contributed by atoms with van der Waals surface area (Å²) >= 11 is 0. The van der Waals surface area contributed by atoms with Crippen LogP contribution in [0.25, 0.3) is 0 Å². The van der Waals surface area contributed by atoms with Crippen LogP contribution in [-0.4, -0.2) is 30.1 Å². The van der Waals surface area contributed by atoms with Gasteiger partial charge >= 0.3 is 0 Å². The van der Waals surface area contributed by atoms with Crippen molar-refractivity contribution in [2.75, 3.05) is 13.2 Å². The highest BCUT2D eigenvalue weighted by Gasteiger charge is 2.27. The van der Waals surface area contributed by atoms with Gasteiger partial charge < -0.3 is 19.8 Å². The lowest BCUT2D eigenvalue weighted by molar-refractivity contribution is -0.135. The second-order valence-corrected chi connectivity index (χ2v) is 5.82. The predicted octanol–water partition coefficient (Wildman–Crippen LogP) is 2.49.